The van der Waals surface area contributed by atoms with Crippen molar-refractivity contribution in [2.45, 2.75) is 91.5 Å². The summed E-state index contributed by atoms with van der Waals surface area (Å²) in [6.07, 6.45) is 3.36. The fraction of sp³-hybridized carbons (Fsp3) is 0.368. The number of phenols is 3. The molecule has 1 unspecified atom stereocenters. The first-order valence-corrected chi connectivity index (χ1v) is 15.5. The number of aromatic hydroxyl groups is 3. The van der Waals surface area contributed by atoms with Crippen LogP contribution in [0.5, 0.6) is 17.2 Å². The highest BCUT2D eigenvalue weighted by molar-refractivity contribution is 5.58. The summed E-state index contributed by atoms with van der Waals surface area (Å²) in [6, 6.07) is 20.1. The van der Waals surface area contributed by atoms with E-state index in [0.29, 0.717) is 34.2 Å². The number of aryl methyl sites for hydroxylation is 3. The lowest BCUT2D eigenvalue weighted by Crippen LogP contribution is -2.30. The molecule has 0 heterocycles. The topological polar surface area (TPSA) is 121 Å². The Balaban J connectivity index is 1.98. The highest BCUT2D eigenvalue weighted by Crippen LogP contribution is 2.47. The summed E-state index contributed by atoms with van der Waals surface area (Å²) in [6.45, 7) is 8.92. The first kappa shape index (κ1) is 33.1. The van der Waals surface area contributed by atoms with Gasteiger partial charge >= 0.3 is 0 Å². The number of aliphatic hydroxyl groups excluding tert-OH is 3. The summed E-state index contributed by atoms with van der Waals surface area (Å²) >= 11 is 0. The molecule has 0 fully saturated rings. The molecule has 0 saturated carbocycles. The van der Waals surface area contributed by atoms with Gasteiger partial charge in [0.25, 0.3) is 0 Å². The van der Waals surface area contributed by atoms with Gasteiger partial charge in [0, 0.05) is 28.0 Å². The van der Waals surface area contributed by atoms with Crippen LogP contribution < -0.4 is 0 Å². The second kappa shape index (κ2) is 13.9. The smallest absolute Gasteiger partial charge is 0.124 e. The summed E-state index contributed by atoms with van der Waals surface area (Å²) in [5.41, 5.74) is 7.74. The summed E-state index contributed by atoms with van der Waals surface area (Å²) in [4.78, 5) is 0. The van der Waals surface area contributed by atoms with Crippen molar-refractivity contribution in [2.75, 3.05) is 0 Å². The lowest BCUT2D eigenvalue weighted by atomic mass is 9.65. The quantitative estimate of drug-likeness (QED) is 0.0954. The molecule has 0 amide bonds. The zero-order valence-electron chi connectivity index (χ0n) is 26.5. The number of hydrogen-bond acceptors (Lipinski definition) is 6. The van der Waals surface area contributed by atoms with E-state index in [2.05, 4.69) is 38.1 Å². The van der Waals surface area contributed by atoms with E-state index in [-0.39, 0.29) is 43.0 Å². The summed E-state index contributed by atoms with van der Waals surface area (Å²) in [5, 5.41) is 62.0. The van der Waals surface area contributed by atoms with Gasteiger partial charge in [-0.25, -0.2) is 0 Å². The van der Waals surface area contributed by atoms with E-state index in [4.69, 9.17) is 0 Å². The predicted octanol–water partition coefficient (Wildman–Crippen LogP) is 7.27. The SMILES string of the molecule is CCCC(c1ccc(C(CCC)(c2cc(C)c(O)c(CO)c2)c2cc(C)c(O)c(CO)c2)cc1)c1cc(C)c(O)c(CO)c1. The minimum Gasteiger partial charge on any atom is -0.507 e. The molecule has 4 rings (SSSR count). The average molecular weight is 599 g/mol. The molecule has 0 aliphatic rings. The van der Waals surface area contributed by atoms with E-state index in [0.717, 1.165) is 52.6 Å². The Morgan fingerprint density at radius 2 is 1.00 bits per heavy atom. The summed E-state index contributed by atoms with van der Waals surface area (Å²) in [5.74, 6) is 0.338. The Bertz CT molecular complexity index is 1550. The molecule has 1 atom stereocenters. The zero-order valence-corrected chi connectivity index (χ0v) is 26.5. The molecule has 0 bridgehead atoms. The van der Waals surface area contributed by atoms with Crippen LogP contribution in [0.15, 0.2) is 60.7 Å². The number of hydrogen-bond donors (Lipinski definition) is 6. The minimum absolute atomic E-state index is 0.0630. The first-order chi connectivity index (χ1) is 21.1. The van der Waals surface area contributed by atoms with Gasteiger partial charge in [-0.05, 0) is 96.3 Å². The second-order valence-corrected chi connectivity index (χ2v) is 12.0. The zero-order chi connectivity index (χ0) is 32.2. The van der Waals surface area contributed by atoms with Crippen molar-refractivity contribution in [3.63, 3.8) is 0 Å². The maximum Gasteiger partial charge on any atom is 0.124 e. The van der Waals surface area contributed by atoms with Crippen LogP contribution in [-0.4, -0.2) is 30.6 Å². The van der Waals surface area contributed by atoms with Crippen molar-refractivity contribution in [3.8, 4) is 17.2 Å². The number of benzene rings is 4. The molecule has 6 N–H and O–H groups in total. The van der Waals surface area contributed by atoms with E-state index in [1.54, 1.807) is 0 Å². The van der Waals surface area contributed by atoms with Crippen molar-refractivity contribution < 1.29 is 30.6 Å². The monoisotopic (exact) mass is 598 g/mol. The Hall–Kier alpha value is -3.84. The summed E-state index contributed by atoms with van der Waals surface area (Å²) < 4.78 is 0. The Kier molecular flexibility index (Phi) is 10.4. The van der Waals surface area contributed by atoms with Crippen molar-refractivity contribution in [1.29, 1.82) is 0 Å². The van der Waals surface area contributed by atoms with Gasteiger partial charge in [-0.3, -0.25) is 0 Å². The second-order valence-electron chi connectivity index (χ2n) is 12.0. The van der Waals surface area contributed by atoms with Crippen LogP contribution >= 0.6 is 0 Å². The molecule has 44 heavy (non-hydrogen) atoms. The molecule has 0 aromatic heterocycles. The van der Waals surface area contributed by atoms with E-state index in [9.17, 15) is 30.6 Å². The Morgan fingerprint density at radius 3 is 1.43 bits per heavy atom. The molecule has 0 radical (unpaired) electrons. The van der Waals surface area contributed by atoms with Gasteiger partial charge in [0.05, 0.1) is 19.8 Å². The first-order valence-electron chi connectivity index (χ1n) is 15.5. The fourth-order valence-corrected chi connectivity index (χ4v) is 6.77. The standard InChI is InChI=1S/C38H46O6/c1-6-8-34(27-14-23(3)35(42)28(17-27)20-39)26-9-11-31(12-10-26)38(13-7-2,32-15-24(4)36(43)29(18-32)21-40)33-16-25(5)37(44)30(19-33)22-41/h9-12,14-19,34,39-44H,6-8,13,20-22H2,1-5H3. The third-order valence-corrected chi connectivity index (χ3v) is 9.07. The molecular weight excluding hydrogens is 552 g/mol. The maximum absolute atomic E-state index is 10.7. The van der Waals surface area contributed by atoms with E-state index in [1.165, 1.54) is 0 Å². The Labute approximate surface area is 260 Å². The largest absolute Gasteiger partial charge is 0.507 e. The Morgan fingerprint density at radius 1 is 0.545 bits per heavy atom. The number of aliphatic hydroxyl groups is 3. The number of rotatable bonds is 12. The molecule has 0 spiro atoms. The van der Waals surface area contributed by atoms with Gasteiger partial charge in [-0.2, -0.15) is 0 Å². The van der Waals surface area contributed by atoms with Crippen molar-refractivity contribution in [3.05, 3.63) is 122 Å². The summed E-state index contributed by atoms with van der Waals surface area (Å²) in [7, 11) is 0. The van der Waals surface area contributed by atoms with Crippen LogP contribution in [0, 0.1) is 20.8 Å². The van der Waals surface area contributed by atoms with Crippen LogP contribution in [0.2, 0.25) is 0 Å². The molecule has 6 nitrogen and oxygen atoms in total. The molecule has 0 aliphatic carbocycles. The maximum atomic E-state index is 10.7. The highest BCUT2D eigenvalue weighted by atomic mass is 16.3. The van der Waals surface area contributed by atoms with Crippen LogP contribution in [0.1, 0.15) is 107 Å². The third-order valence-electron chi connectivity index (χ3n) is 9.07. The van der Waals surface area contributed by atoms with E-state index < -0.39 is 5.41 Å². The van der Waals surface area contributed by atoms with Gasteiger partial charge in [-0.1, -0.05) is 69.2 Å². The van der Waals surface area contributed by atoms with Crippen LogP contribution in [-0.2, 0) is 25.2 Å². The van der Waals surface area contributed by atoms with Crippen molar-refractivity contribution >= 4 is 0 Å². The average Bonchev–Trinajstić information content (AvgIpc) is 3.02. The molecule has 0 aliphatic heterocycles. The van der Waals surface area contributed by atoms with Crippen molar-refractivity contribution in [1.82, 2.24) is 0 Å². The molecule has 0 saturated heterocycles. The van der Waals surface area contributed by atoms with Crippen LogP contribution in [0.4, 0.5) is 0 Å². The molecule has 4 aromatic carbocycles. The normalized spacial score (nSPS) is 12.5. The van der Waals surface area contributed by atoms with E-state index >= 15 is 0 Å². The minimum atomic E-state index is -0.711. The van der Waals surface area contributed by atoms with E-state index in [1.807, 2.05) is 57.2 Å². The molecule has 4 aromatic rings. The molecule has 6 heteroatoms. The lowest BCUT2D eigenvalue weighted by molar-refractivity contribution is 0.274. The van der Waals surface area contributed by atoms with Gasteiger partial charge in [0.2, 0.25) is 0 Å². The third kappa shape index (κ3) is 6.07. The highest BCUT2D eigenvalue weighted by Gasteiger charge is 2.37. The van der Waals surface area contributed by atoms with Gasteiger partial charge in [0.1, 0.15) is 17.2 Å². The lowest BCUT2D eigenvalue weighted by Gasteiger charge is -2.37. The van der Waals surface area contributed by atoms with Gasteiger partial charge in [0.15, 0.2) is 0 Å². The van der Waals surface area contributed by atoms with Gasteiger partial charge < -0.3 is 30.6 Å². The van der Waals surface area contributed by atoms with Crippen LogP contribution in [0.25, 0.3) is 0 Å². The fourth-order valence-electron chi connectivity index (χ4n) is 6.77. The molecule has 234 valence electrons. The predicted molar refractivity (Wildman–Crippen MR) is 174 cm³/mol. The van der Waals surface area contributed by atoms with Crippen LogP contribution in [0.3, 0.4) is 0 Å². The van der Waals surface area contributed by atoms with Crippen molar-refractivity contribution in [2.24, 2.45) is 0 Å². The van der Waals surface area contributed by atoms with Gasteiger partial charge in [-0.15, -0.1) is 0 Å². The molecular formula is C38H46O6.